The van der Waals surface area contributed by atoms with Gasteiger partial charge in [0.2, 0.25) is 5.91 Å². The number of nitrogens with zero attached hydrogens (tertiary/aromatic N) is 1. The Morgan fingerprint density at radius 2 is 2.23 bits per heavy atom. The highest BCUT2D eigenvalue weighted by atomic mass is 16.2. The lowest BCUT2D eigenvalue weighted by Gasteiger charge is -1.97. The quantitative estimate of drug-likeness (QED) is 0.584. The van der Waals surface area contributed by atoms with Gasteiger partial charge in [0.25, 0.3) is 11.5 Å². The Morgan fingerprint density at radius 3 is 2.77 bits per heavy atom. The van der Waals surface area contributed by atoms with E-state index in [1.165, 1.54) is 19.3 Å². The molecule has 0 aliphatic heterocycles. The first-order chi connectivity index (χ1) is 6.11. The van der Waals surface area contributed by atoms with Gasteiger partial charge >= 0.3 is 0 Å². The minimum Gasteiger partial charge on any atom is -0.326 e. The number of imide groups is 1. The van der Waals surface area contributed by atoms with Gasteiger partial charge < -0.3 is 4.98 Å². The maximum Gasteiger partial charge on any atom is 0.282 e. The van der Waals surface area contributed by atoms with E-state index in [9.17, 15) is 14.4 Å². The van der Waals surface area contributed by atoms with Gasteiger partial charge in [-0.1, -0.05) is 0 Å². The van der Waals surface area contributed by atoms with Crippen molar-refractivity contribution in [2.75, 3.05) is 0 Å². The summed E-state index contributed by atoms with van der Waals surface area (Å²) >= 11 is 0. The Labute approximate surface area is 73.0 Å². The van der Waals surface area contributed by atoms with E-state index in [4.69, 9.17) is 0 Å². The minimum atomic E-state index is -0.797. The summed E-state index contributed by atoms with van der Waals surface area (Å²) < 4.78 is 0. The largest absolute Gasteiger partial charge is 0.326 e. The van der Waals surface area contributed by atoms with Gasteiger partial charge in [0.15, 0.2) is 5.69 Å². The standard InChI is InChI=1S/C7H7N3O3/c1-4(11)10-7(13)5-6(12)9-3-2-8-5/h2-3H,1H3,(H,9,12)(H,10,11,13). The zero-order valence-electron chi connectivity index (χ0n) is 6.83. The molecule has 0 bridgehead atoms. The molecule has 0 aliphatic carbocycles. The van der Waals surface area contributed by atoms with Crippen LogP contribution in [0.25, 0.3) is 0 Å². The van der Waals surface area contributed by atoms with E-state index < -0.39 is 17.4 Å². The third-order valence-electron chi connectivity index (χ3n) is 1.21. The number of amides is 2. The number of hydrogen-bond donors (Lipinski definition) is 2. The van der Waals surface area contributed by atoms with Gasteiger partial charge in [-0.25, -0.2) is 4.98 Å². The zero-order valence-corrected chi connectivity index (χ0v) is 6.83. The molecule has 0 atom stereocenters. The highest BCUT2D eigenvalue weighted by Crippen LogP contribution is 1.82. The molecule has 13 heavy (non-hydrogen) atoms. The van der Waals surface area contributed by atoms with Crippen molar-refractivity contribution < 1.29 is 9.59 Å². The van der Waals surface area contributed by atoms with Crippen molar-refractivity contribution >= 4 is 11.8 Å². The number of rotatable bonds is 1. The predicted molar refractivity (Wildman–Crippen MR) is 43.0 cm³/mol. The van der Waals surface area contributed by atoms with E-state index in [1.807, 2.05) is 5.32 Å². The lowest BCUT2D eigenvalue weighted by atomic mass is 10.4. The fourth-order valence-corrected chi connectivity index (χ4v) is 0.733. The molecule has 6 nitrogen and oxygen atoms in total. The smallest absolute Gasteiger partial charge is 0.282 e. The third kappa shape index (κ3) is 2.22. The fourth-order valence-electron chi connectivity index (χ4n) is 0.733. The van der Waals surface area contributed by atoms with Crippen molar-refractivity contribution in [2.24, 2.45) is 0 Å². The molecule has 1 heterocycles. The molecule has 1 aromatic rings. The van der Waals surface area contributed by atoms with Crippen LogP contribution in [-0.4, -0.2) is 21.8 Å². The average Bonchev–Trinajstić information content (AvgIpc) is 2.03. The van der Waals surface area contributed by atoms with Crippen LogP contribution >= 0.6 is 0 Å². The summed E-state index contributed by atoms with van der Waals surface area (Å²) in [5, 5.41) is 1.94. The second-order valence-corrected chi connectivity index (χ2v) is 2.28. The van der Waals surface area contributed by atoms with E-state index >= 15 is 0 Å². The van der Waals surface area contributed by atoms with Crippen molar-refractivity contribution in [3.8, 4) is 0 Å². The molecule has 2 N–H and O–H groups in total. The van der Waals surface area contributed by atoms with Crippen molar-refractivity contribution in [2.45, 2.75) is 6.92 Å². The highest BCUT2D eigenvalue weighted by molar-refractivity contribution is 6.02. The molecule has 1 aromatic heterocycles. The Bertz CT molecular complexity index is 396. The fraction of sp³-hybridized carbons (Fsp3) is 0.143. The highest BCUT2D eigenvalue weighted by Gasteiger charge is 2.11. The second kappa shape index (κ2) is 3.61. The molecule has 0 aromatic carbocycles. The van der Waals surface area contributed by atoms with Crippen LogP contribution in [0.5, 0.6) is 0 Å². The van der Waals surface area contributed by atoms with E-state index in [2.05, 4.69) is 9.97 Å². The number of aromatic nitrogens is 2. The molecular formula is C7H7N3O3. The topological polar surface area (TPSA) is 91.9 Å². The molecule has 6 heteroatoms. The molecule has 0 saturated heterocycles. The second-order valence-electron chi connectivity index (χ2n) is 2.28. The zero-order chi connectivity index (χ0) is 9.84. The first kappa shape index (κ1) is 9.11. The average molecular weight is 181 g/mol. The maximum atomic E-state index is 11.1. The minimum absolute atomic E-state index is 0.322. The van der Waals surface area contributed by atoms with Crippen molar-refractivity contribution in [3.63, 3.8) is 0 Å². The van der Waals surface area contributed by atoms with Gasteiger partial charge in [0, 0.05) is 19.3 Å². The van der Waals surface area contributed by atoms with E-state index in [1.54, 1.807) is 0 Å². The van der Waals surface area contributed by atoms with Crippen LogP contribution in [0, 0.1) is 0 Å². The van der Waals surface area contributed by atoms with Crippen LogP contribution in [0.15, 0.2) is 17.2 Å². The van der Waals surface area contributed by atoms with Gasteiger partial charge in [-0.05, 0) is 0 Å². The molecule has 0 spiro atoms. The molecule has 0 radical (unpaired) electrons. The Kier molecular flexibility index (Phi) is 2.53. The van der Waals surface area contributed by atoms with E-state index in [0.717, 1.165) is 0 Å². The van der Waals surface area contributed by atoms with Crippen LogP contribution < -0.4 is 10.9 Å². The SMILES string of the molecule is CC(=O)NC(=O)c1ncc[nH]c1=O. The predicted octanol–water partition coefficient (Wildman–Crippen LogP) is -0.954. The molecule has 2 amide bonds. The van der Waals surface area contributed by atoms with E-state index in [0.29, 0.717) is 0 Å². The summed E-state index contributed by atoms with van der Waals surface area (Å²) in [7, 11) is 0. The van der Waals surface area contributed by atoms with Crippen LogP contribution in [0.1, 0.15) is 17.4 Å². The van der Waals surface area contributed by atoms with Crippen molar-refractivity contribution in [3.05, 3.63) is 28.4 Å². The van der Waals surface area contributed by atoms with Crippen LogP contribution in [0.2, 0.25) is 0 Å². The van der Waals surface area contributed by atoms with Gasteiger partial charge in [-0.15, -0.1) is 0 Å². The van der Waals surface area contributed by atoms with Crippen molar-refractivity contribution in [1.82, 2.24) is 15.3 Å². The molecule has 0 unspecified atom stereocenters. The van der Waals surface area contributed by atoms with Crippen LogP contribution in [0.4, 0.5) is 0 Å². The Balaban J connectivity index is 2.96. The lowest BCUT2D eigenvalue weighted by molar-refractivity contribution is -0.118. The van der Waals surface area contributed by atoms with E-state index in [-0.39, 0.29) is 5.69 Å². The monoisotopic (exact) mass is 181 g/mol. The summed E-state index contributed by atoms with van der Waals surface area (Å²) in [5.74, 6) is -1.33. The number of carbonyl (C=O) groups is 2. The van der Waals surface area contributed by atoms with Gasteiger partial charge in [-0.2, -0.15) is 0 Å². The normalized spacial score (nSPS) is 9.31. The molecule has 68 valence electrons. The molecule has 1 rings (SSSR count). The first-order valence-corrected chi connectivity index (χ1v) is 3.47. The summed E-state index contributed by atoms with van der Waals surface area (Å²) in [4.78, 5) is 38.3. The van der Waals surface area contributed by atoms with Gasteiger partial charge in [0.1, 0.15) is 0 Å². The summed E-state index contributed by atoms with van der Waals surface area (Å²) in [6.07, 6.45) is 2.56. The summed E-state index contributed by atoms with van der Waals surface area (Å²) in [6.45, 7) is 1.18. The van der Waals surface area contributed by atoms with Crippen LogP contribution in [0.3, 0.4) is 0 Å². The number of aromatic amines is 1. The lowest BCUT2D eigenvalue weighted by Crippen LogP contribution is -2.33. The summed E-state index contributed by atoms with van der Waals surface area (Å²) in [5.41, 5.74) is -0.945. The summed E-state index contributed by atoms with van der Waals surface area (Å²) in [6, 6.07) is 0. The molecular weight excluding hydrogens is 174 g/mol. The molecule has 0 fully saturated rings. The maximum absolute atomic E-state index is 11.1. The molecule has 0 saturated carbocycles. The Hall–Kier alpha value is -1.98. The molecule has 0 aliphatic rings. The number of nitrogens with one attached hydrogen (secondary N) is 2. The van der Waals surface area contributed by atoms with Crippen molar-refractivity contribution in [1.29, 1.82) is 0 Å². The van der Waals surface area contributed by atoms with Crippen LogP contribution in [-0.2, 0) is 4.79 Å². The first-order valence-electron chi connectivity index (χ1n) is 3.47. The van der Waals surface area contributed by atoms with Gasteiger partial charge in [-0.3, -0.25) is 19.7 Å². The Morgan fingerprint density at radius 1 is 1.54 bits per heavy atom. The number of carbonyl (C=O) groups excluding carboxylic acids is 2. The number of hydrogen-bond acceptors (Lipinski definition) is 4. The van der Waals surface area contributed by atoms with Gasteiger partial charge in [0.05, 0.1) is 0 Å². The number of H-pyrrole nitrogens is 1. The third-order valence-corrected chi connectivity index (χ3v) is 1.21.